The maximum Gasteiger partial charge on any atom is 0.138 e. The highest BCUT2D eigenvalue weighted by molar-refractivity contribution is 5.20. The van der Waals surface area contributed by atoms with Crippen LogP contribution in [0.4, 0.5) is 0 Å². The molecule has 16 heavy (non-hydrogen) atoms. The fourth-order valence-electron chi connectivity index (χ4n) is 1.50. The lowest BCUT2D eigenvalue weighted by molar-refractivity contribution is 0.392. The Balaban J connectivity index is 1.89. The Morgan fingerprint density at radius 3 is 2.81 bits per heavy atom. The molecule has 5 heteroatoms. The fraction of sp³-hybridized carbons (Fsp3) is 0.364. The van der Waals surface area contributed by atoms with Gasteiger partial charge in [-0.3, -0.25) is 0 Å². The van der Waals surface area contributed by atoms with Crippen LogP contribution in [0, 0.1) is 13.8 Å². The third-order valence-electron chi connectivity index (χ3n) is 2.42. The van der Waals surface area contributed by atoms with Gasteiger partial charge in [-0.1, -0.05) is 5.16 Å². The molecule has 2 aromatic heterocycles. The Labute approximate surface area is 93.9 Å². The van der Waals surface area contributed by atoms with Gasteiger partial charge in [-0.15, -0.1) is 0 Å². The number of hydrogen-bond acceptors (Lipinski definition) is 5. The summed E-state index contributed by atoms with van der Waals surface area (Å²) in [5, 5.41) is 15.0. The topological polar surface area (TPSA) is 63.8 Å². The van der Waals surface area contributed by atoms with Crippen molar-refractivity contribution in [3.05, 3.63) is 41.0 Å². The molecule has 0 fully saturated rings. The van der Waals surface area contributed by atoms with E-state index in [2.05, 4.69) is 20.7 Å². The van der Waals surface area contributed by atoms with E-state index >= 15 is 0 Å². The van der Waals surface area contributed by atoms with Gasteiger partial charge in [-0.25, -0.2) is 0 Å². The van der Waals surface area contributed by atoms with Crippen molar-refractivity contribution in [2.75, 3.05) is 0 Å². The van der Waals surface area contributed by atoms with Crippen LogP contribution in [0.15, 0.2) is 22.9 Å². The summed E-state index contributed by atoms with van der Waals surface area (Å²) in [5.74, 6) is 0.865. The highest BCUT2D eigenvalue weighted by Gasteiger charge is 2.07. The molecule has 0 aliphatic rings. The number of hydrogen-bond donors (Lipinski definition) is 1. The average Bonchev–Trinajstić information content (AvgIpc) is 2.62. The summed E-state index contributed by atoms with van der Waals surface area (Å²) in [5.41, 5.74) is 2.97. The normalized spacial score (nSPS) is 10.6. The molecule has 0 unspecified atom stereocenters. The standard InChI is InChI=1S/C11H14N4O/c1-8-11(9(2)16-15-8)7-12-6-10-4-3-5-13-14-10/h3-5,12H,6-7H2,1-2H3. The SMILES string of the molecule is Cc1noc(C)c1CNCc1cccnn1. The van der Waals surface area contributed by atoms with Gasteiger partial charge in [-0.2, -0.15) is 10.2 Å². The zero-order chi connectivity index (χ0) is 11.4. The number of nitrogens with one attached hydrogen (secondary N) is 1. The Kier molecular flexibility index (Phi) is 3.26. The maximum absolute atomic E-state index is 5.08. The Morgan fingerprint density at radius 2 is 2.19 bits per heavy atom. The first kappa shape index (κ1) is 10.8. The number of aryl methyl sites for hydroxylation is 2. The minimum Gasteiger partial charge on any atom is -0.361 e. The minimum atomic E-state index is 0.692. The van der Waals surface area contributed by atoms with Gasteiger partial charge in [0, 0.05) is 24.8 Å². The molecule has 2 heterocycles. The van der Waals surface area contributed by atoms with E-state index in [9.17, 15) is 0 Å². The molecule has 5 nitrogen and oxygen atoms in total. The monoisotopic (exact) mass is 218 g/mol. The summed E-state index contributed by atoms with van der Waals surface area (Å²) in [6.07, 6.45) is 1.66. The van der Waals surface area contributed by atoms with Crippen LogP contribution in [0.3, 0.4) is 0 Å². The van der Waals surface area contributed by atoms with E-state index in [1.54, 1.807) is 6.20 Å². The smallest absolute Gasteiger partial charge is 0.138 e. The van der Waals surface area contributed by atoms with Gasteiger partial charge in [0.25, 0.3) is 0 Å². The van der Waals surface area contributed by atoms with Gasteiger partial charge >= 0.3 is 0 Å². The summed E-state index contributed by atoms with van der Waals surface area (Å²) in [6.45, 7) is 5.28. The predicted molar refractivity (Wildman–Crippen MR) is 58.6 cm³/mol. The molecule has 2 aromatic rings. The molecule has 84 valence electrons. The lowest BCUT2D eigenvalue weighted by Gasteiger charge is -2.02. The summed E-state index contributed by atoms with van der Waals surface area (Å²) in [7, 11) is 0. The van der Waals surface area contributed by atoms with E-state index in [1.807, 2.05) is 26.0 Å². The lowest BCUT2D eigenvalue weighted by atomic mass is 10.2. The molecule has 0 aliphatic heterocycles. The number of nitrogens with zero attached hydrogens (tertiary/aromatic N) is 3. The van der Waals surface area contributed by atoms with Gasteiger partial charge in [0.15, 0.2) is 0 Å². The Bertz CT molecular complexity index is 433. The van der Waals surface area contributed by atoms with Gasteiger partial charge in [-0.05, 0) is 26.0 Å². The van der Waals surface area contributed by atoms with Crippen molar-refractivity contribution < 1.29 is 4.52 Å². The van der Waals surface area contributed by atoms with E-state index in [0.717, 1.165) is 29.3 Å². The molecule has 0 saturated heterocycles. The van der Waals surface area contributed by atoms with Crippen molar-refractivity contribution in [3.8, 4) is 0 Å². The molecule has 0 atom stereocenters. The Hall–Kier alpha value is -1.75. The van der Waals surface area contributed by atoms with Crippen LogP contribution >= 0.6 is 0 Å². The molecule has 0 amide bonds. The van der Waals surface area contributed by atoms with Crippen LogP contribution in [-0.2, 0) is 13.1 Å². The summed E-state index contributed by atoms with van der Waals surface area (Å²) >= 11 is 0. The van der Waals surface area contributed by atoms with Crippen LogP contribution in [0.1, 0.15) is 22.7 Å². The van der Waals surface area contributed by atoms with Crippen LogP contribution in [-0.4, -0.2) is 15.4 Å². The van der Waals surface area contributed by atoms with Crippen molar-refractivity contribution in [3.63, 3.8) is 0 Å². The number of aromatic nitrogens is 3. The highest BCUT2D eigenvalue weighted by atomic mass is 16.5. The zero-order valence-electron chi connectivity index (χ0n) is 9.40. The molecule has 0 aromatic carbocycles. The van der Waals surface area contributed by atoms with Crippen LogP contribution in [0.2, 0.25) is 0 Å². The molecule has 0 saturated carbocycles. The maximum atomic E-state index is 5.08. The summed E-state index contributed by atoms with van der Waals surface area (Å²) in [6, 6.07) is 3.81. The van der Waals surface area contributed by atoms with Gasteiger partial charge < -0.3 is 9.84 Å². The van der Waals surface area contributed by atoms with Crippen LogP contribution < -0.4 is 5.32 Å². The first-order valence-corrected chi connectivity index (χ1v) is 5.16. The van der Waals surface area contributed by atoms with Crippen molar-refractivity contribution in [1.82, 2.24) is 20.7 Å². The first-order chi connectivity index (χ1) is 7.77. The van der Waals surface area contributed by atoms with E-state index < -0.39 is 0 Å². The second-order valence-electron chi connectivity index (χ2n) is 3.62. The quantitative estimate of drug-likeness (QED) is 0.839. The molecule has 0 radical (unpaired) electrons. The van der Waals surface area contributed by atoms with Crippen molar-refractivity contribution in [1.29, 1.82) is 0 Å². The van der Waals surface area contributed by atoms with Gasteiger partial charge in [0.2, 0.25) is 0 Å². The van der Waals surface area contributed by atoms with Crippen LogP contribution in [0.5, 0.6) is 0 Å². The van der Waals surface area contributed by atoms with E-state index in [0.29, 0.717) is 6.54 Å². The minimum absolute atomic E-state index is 0.692. The van der Waals surface area contributed by atoms with Gasteiger partial charge in [0.1, 0.15) is 5.76 Å². The van der Waals surface area contributed by atoms with E-state index in [4.69, 9.17) is 4.52 Å². The zero-order valence-corrected chi connectivity index (χ0v) is 9.40. The first-order valence-electron chi connectivity index (χ1n) is 5.16. The Morgan fingerprint density at radius 1 is 1.31 bits per heavy atom. The van der Waals surface area contributed by atoms with Crippen molar-refractivity contribution in [2.24, 2.45) is 0 Å². The second-order valence-corrected chi connectivity index (χ2v) is 3.62. The van der Waals surface area contributed by atoms with Crippen molar-refractivity contribution in [2.45, 2.75) is 26.9 Å². The molecule has 2 rings (SSSR count). The van der Waals surface area contributed by atoms with E-state index in [-0.39, 0.29) is 0 Å². The fourth-order valence-corrected chi connectivity index (χ4v) is 1.50. The largest absolute Gasteiger partial charge is 0.361 e. The van der Waals surface area contributed by atoms with E-state index in [1.165, 1.54) is 0 Å². The molecule has 1 N–H and O–H groups in total. The molecule has 0 spiro atoms. The molecular formula is C11H14N4O. The molecule has 0 bridgehead atoms. The third kappa shape index (κ3) is 2.43. The summed E-state index contributed by atoms with van der Waals surface area (Å²) in [4.78, 5) is 0. The average molecular weight is 218 g/mol. The number of rotatable bonds is 4. The van der Waals surface area contributed by atoms with Crippen molar-refractivity contribution >= 4 is 0 Å². The highest BCUT2D eigenvalue weighted by Crippen LogP contribution is 2.11. The van der Waals surface area contributed by atoms with Crippen LogP contribution in [0.25, 0.3) is 0 Å². The lowest BCUT2D eigenvalue weighted by Crippen LogP contribution is -2.14. The second kappa shape index (κ2) is 4.85. The van der Waals surface area contributed by atoms with Gasteiger partial charge in [0.05, 0.1) is 11.4 Å². The predicted octanol–water partition coefficient (Wildman–Crippen LogP) is 1.37. The third-order valence-corrected chi connectivity index (χ3v) is 2.42. The summed E-state index contributed by atoms with van der Waals surface area (Å²) < 4.78 is 5.08. The molecule has 0 aliphatic carbocycles. The molecular weight excluding hydrogens is 204 g/mol.